The first-order valence-electron chi connectivity index (χ1n) is 11.4. The zero-order valence-corrected chi connectivity index (χ0v) is 19.5. The molecule has 0 unspecified atom stereocenters. The molecule has 7 heteroatoms. The number of carbonyl (C=O) groups excluding carboxylic acids is 1. The molecule has 2 heterocycles. The maximum Gasteiger partial charge on any atom is 0.296 e. The minimum atomic E-state index is -0.372. The van der Waals surface area contributed by atoms with Gasteiger partial charge in [0.2, 0.25) is 0 Å². The van der Waals surface area contributed by atoms with Crippen LogP contribution < -0.4 is 10.5 Å². The van der Waals surface area contributed by atoms with Crippen LogP contribution >= 0.6 is 0 Å². The third-order valence-electron chi connectivity index (χ3n) is 6.13. The van der Waals surface area contributed by atoms with Gasteiger partial charge < -0.3 is 4.90 Å². The van der Waals surface area contributed by atoms with E-state index in [2.05, 4.69) is 9.94 Å². The highest BCUT2D eigenvalue weighted by Crippen LogP contribution is 2.31. The summed E-state index contributed by atoms with van der Waals surface area (Å²) in [5, 5.41) is 5.83. The summed E-state index contributed by atoms with van der Waals surface area (Å²) in [6.07, 6.45) is 0. The summed E-state index contributed by atoms with van der Waals surface area (Å²) >= 11 is 0. The van der Waals surface area contributed by atoms with Gasteiger partial charge in [0.15, 0.2) is 5.69 Å². The first-order valence-corrected chi connectivity index (χ1v) is 11.4. The second-order valence-corrected chi connectivity index (χ2v) is 8.25. The van der Waals surface area contributed by atoms with E-state index in [4.69, 9.17) is 6.57 Å². The molecule has 0 saturated carbocycles. The Kier molecular flexibility index (Phi) is 5.63. The Morgan fingerprint density at radius 1 is 1.00 bits per heavy atom. The zero-order chi connectivity index (χ0) is 24.5. The number of fused-ring (bicyclic) bond motifs is 3. The maximum atomic E-state index is 14.0. The second-order valence-electron chi connectivity index (χ2n) is 8.25. The number of amides is 1. The topological polar surface area (TPSA) is 64.5 Å². The van der Waals surface area contributed by atoms with Crippen molar-refractivity contribution in [1.29, 1.82) is 0 Å². The number of hydrogen-bond acceptors (Lipinski definition) is 3. The molecule has 0 saturated heterocycles. The van der Waals surface area contributed by atoms with Gasteiger partial charge in [-0.05, 0) is 44.2 Å². The summed E-state index contributed by atoms with van der Waals surface area (Å²) in [6.45, 7) is 11.7. The lowest BCUT2D eigenvalue weighted by molar-refractivity contribution is 0.0983. The highest BCUT2D eigenvalue weighted by molar-refractivity contribution is 6.20. The Morgan fingerprint density at radius 3 is 2.37 bits per heavy atom. The summed E-state index contributed by atoms with van der Waals surface area (Å²) in [7, 11) is 0. The van der Waals surface area contributed by atoms with Crippen LogP contribution in [-0.4, -0.2) is 26.8 Å². The average Bonchev–Trinajstić information content (AvgIpc) is 3.21. The molecule has 0 fully saturated rings. The lowest BCUT2D eigenvalue weighted by Gasteiger charge is -2.21. The lowest BCUT2D eigenvalue weighted by atomic mass is 10.1. The number of carbonyl (C=O) groups is 1. The van der Waals surface area contributed by atoms with E-state index in [-0.39, 0.29) is 23.8 Å². The predicted molar refractivity (Wildman–Crippen MR) is 138 cm³/mol. The van der Waals surface area contributed by atoms with Crippen molar-refractivity contribution in [3.63, 3.8) is 0 Å². The number of aryl methyl sites for hydroxylation is 1. The van der Waals surface area contributed by atoms with Gasteiger partial charge in [-0.3, -0.25) is 19.0 Å². The molecule has 35 heavy (non-hydrogen) atoms. The van der Waals surface area contributed by atoms with Crippen LogP contribution in [0.25, 0.3) is 32.3 Å². The van der Waals surface area contributed by atoms with Gasteiger partial charge in [0.05, 0.1) is 11.2 Å². The summed E-state index contributed by atoms with van der Waals surface area (Å²) < 4.78 is 2.95. The third-order valence-corrected chi connectivity index (χ3v) is 6.13. The van der Waals surface area contributed by atoms with E-state index >= 15 is 0 Å². The molecule has 0 spiro atoms. The predicted octanol–water partition coefficient (Wildman–Crippen LogP) is 5.19. The lowest BCUT2D eigenvalue weighted by Crippen LogP contribution is -2.34. The molecule has 3 aromatic carbocycles. The number of nitrogens with zero attached hydrogens (tertiary/aromatic N) is 5. The third kappa shape index (κ3) is 3.65. The molecule has 2 aromatic heterocycles. The van der Waals surface area contributed by atoms with Crippen molar-refractivity contribution < 1.29 is 4.79 Å². The monoisotopic (exact) mass is 461 g/mol. The molecule has 0 bridgehead atoms. The van der Waals surface area contributed by atoms with Crippen LogP contribution in [0.15, 0.2) is 83.7 Å². The average molecular weight is 462 g/mol. The second kappa shape index (κ2) is 8.92. The molecule has 172 valence electrons. The molecule has 5 aromatic rings. The minimum Gasteiger partial charge on any atom is -0.307 e. The molecule has 0 aliphatic carbocycles. The maximum absolute atomic E-state index is 14.0. The highest BCUT2D eigenvalue weighted by Gasteiger charge is 2.28. The van der Waals surface area contributed by atoms with Gasteiger partial charge in [0.25, 0.3) is 18.1 Å². The number of benzene rings is 3. The van der Waals surface area contributed by atoms with Crippen LogP contribution in [0.1, 0.15) is 23.0 Å². The molecule has 0 aliphatic rings. The quantitative estimate of drug-likeness (QED) is 0.338. The molecule has 1 amide bonds. The van der Waals surface area contributed by atoms with Gasteiger partial charge in [-0.2, -0.15) is 9.78 Å². The van der Waals surface area contributed by atoms with E-state index in [1.807, 2.05) is 80.6 Å². The summed E-state index contributed by atoms with van der Waals surface area (Å²) in [5.74, 6) is -0.310. The van der Waals surface area contributed by atoms with Crippen molar-refractivity contribution >= 4 is 33.4 Å². The Morgan fingerprint density at radius 2 is 1.69 bits per heavy atom. The van der Waals surface area contributed by atoms with Crippen molar-refractivity contribution in [2.45, 2.75) is 20.5 Å². The van der Waals surface area contributed by atoms with Crippen LogP contribution in [0, 0.1) is 13.5 Å². The fourth-order valence-electron chi connectivity index (χ4n) is 4.47. The SMILES string of the molecule is [C-]#[N+]Cn1c2ccccc2c2c(C(=O)N(CC)c3ccccc3)nn(-c3ccc(C)cc3)c(=O)c21. The fourth-order valence-corrected chi connectivity index (χ4v) is 4.47. The summed E-state index contributed by atoms with van der Waals surface area (Å²) in [5.41, 5.74) is 3.16. The summed E-state index contributed by atoms with van der Waals surface area (Å²) in [4.78, 5) is 33.0. The van der Waals surface area contributed by atoms with Gasteiger partial charge in [0.1, 0.15) is 5.52 Å². The Labute approximate surface area is 202 Å². The highest BCUT2D eigenvalue weighted by atomic mass is 16.2. The molecular formula is C28H23N5O2. The Balaban J connectivity index is 1.89. The van der Waals surface area contributed by atoms with Crippen molar-refractivity contribution in [1.82, 2.24) is 14.3 Å². The molecular weight excluding hydrogens is 438 g/mol. The number of para-hydroxylation sites is 2. The van der Waals surface area contributed by atoms with E-state index in [0.717, 1.165) is 22.2 Å². The van der Waals surface area contributed by atoms with Crippen LogP contribution in [0.5, 0.6) is 0 Å². The van der Waals surface area contributed by atoms with Gasteiger partial charge in [-0.1, -0.05) is 54.1 Å². The van der Waals surface area contributed by atoms with E-state index in [9.17, 15) is 9.59 Å². The summed E-state index contributed by atoms with van der Waals surface area (Å²) in [6, 6.07) is 24.2. The van der Waals surface area contributed by atoms with Crippen LogP contribution in [0.2, 0.25) is 0 Å². The number of hydrogen-bond donors (Lipinski definition) is 0. The van der Waals surface area contributed by atoms with Gasteiger partial charge in [-0.15, -0.1) is 0 Å². The van der Waals surface area contributed by atoms with E-state index in [1.165, 1.54) is 4.68 Å². The molecule has 0 N–H and O–H groups in total. The van der Waals surface area contributed by atoms with E-state index < -0.39 is 0 Å². The van der Waals surface area contributed by atoms with E-state index in [0.29, 0.717) is 23.1 Å². The zero-order valence-electron chi connectivity index (χ0n) is 19.5. The smallest absolute Gasteiger partial charge is 0.296 e. The number of anilines is 1. The van der Waals surface area contributed by atoms with Gasteiger partial charge in [-0.25, -0.2) is 6.57 Å². The molecule has 0 atom stereocenters. The fraction of sp³-hybridized carbons (Fsp3) is 0.143. The molecule has 7 nitrogen and oxygen atoms in total. The van der Waals surface area contributed by atoms with Gasteiger partial charge in [0, 0.05) is 23.0 Å². The normalized spacial score (nSPS) is 11.0. The molecule has 5 rings (SSSR count). The molecule has 0 aliphatic heterocycles. The minimum absolute atomic E-state index is 0.0407. The first-order chi connectivity index (χ1) is 17.0. The molecule has 0 radical (unpaired) electrons. The standard InChI is InChI=1S/C28H23N5O2/c1-4-31(20-10-6-5-7-11-20)27(34)25-24-22-12-8-9-13-23(22)32(18-29-3)26(24)28(35)33(30-25)21-16-14-19(2)15-17-21/h5-17H,4,18H2,1-2H3. The Hall–Kier alpha value is -4.70. The van der Waals surface area contributed by atoms with Crippen molar-refractivity contribution in [2.75, 3.05) is 11.4 Å². The van der Waals surface area contributed by atoms with Crippen molar-refractivity contribution in [3.05, 3.63) is 112 Å². The van der Waals surface area contributed by atoms with Crippen LogP contribution in [-0.2, 0) is 6.67 Å². The number of rotatable bonds is 5. The van der Waals surface area contributed by atoms with E-state index in [1.54, 1.807) is 21.6 Å². The first kappa shape index (κ1) is 22.1. The van der Waals surface area contributed by atoms with Crippen LogP contribution in [0.3, 0.4) is 0 Å². The largest absolute Gasteiger partial charge is 0.307 e. The van der Waals surface area contributed by atoms with Crippen LogP contribution in [0.4, 0.5) is 5.69 Å². The Bertz CT molecular complexity index is 1660. The number of aromatic nitrogens is 3. The van der Waals surface area contributed by atoms with Gasteiger partial charge >= 0.3 is 0 Å². The van der Waals surface area contributed by atoms with Crippen molar-refractivity contribution in [3.8, 4) is 5.69 Å². The van der Waals surface area contributed by atoms with Crippen molar-refractivity contribution in [2.24, 2.45) is 0 Å².